The Labute approximate surface area is 188 Å². The Morgan fingerprint density at radius 1 is 1.09 bits per heavy atom. The molecule has 32 heavy (non-hydrogen) atoms. The molecule has 0 saturated carbocycles. The van der Waals surface area contributed by atoms with E-state index in [1.807, 2.05) is 18.2 Å². The summed E-state index contributed by atoms with van der Waals surface area (Å²) in [6, 6.07) is 11.6. The second-order valence-electron chi connectivity index (χ2n) is 8.20. The highest BCUT2D eigenvalue weighted by Gasteiger charge is 2.35. The van der Waals surface area contributed by atoms with Gasteiger partial charge in [-0.25, -0.2) is 9.40 Å². The van der Waals surface area contributed by atoms with Crippen molar-refractivity contribution in [2.75, 3.05) is 54.0 Å². The number of ether oxygens (including phenoxy) is 2. The first kappa shape index (κ1) is 22.2. The zero-order chi connectivity index (χ0) is 22.7. The molecule has 8 heteroatoms. The van der Waals surface area contributed by atoms with E-state index in [1.165, 1.54) is 12.1 Å². The first-order valence-electron chi connectivity index (χ1n) is 10.8. The molecule has 2 aliphatic heterocycles. The van der Waals surface area contributed by atoms with Gasteiger partial charge in [-0.05, 0) is 31.3 Å². The van der Waals surface area contributed by atoms with Gasteiger partial charge in [0.2, 0.25) is 0 Å². The SMILES string of the molecule is COc1ccc([C@H]2CC(c3cccc(F)c3)=NN2C(=O)CN2CCN(C)CC2)c(OC)c1. The lowest BCUT2D eigenvalue weighted by molar-refractivity contribution is -0.134. The lowest BCUT2D eigenvalue weighted by Crippen LogP contribution is -2.48. The summed E-state index contributed by atoms with van der Waals surface area (Å²) in [6.07, 6.45) is 0.473. The zero-order valence-electron chi connectivity index (χ0n) is 18.8. The van der Waals surface area contributed by atoms with Crippen LogP contribution in [-0.4, -0.2) is 80.4 Å². The van der Waals surface area contributed by atoms with E-state index in [0.29, 0.717) is 35.7 Å². The lowest BCUT2D eigenvalue weighted by atomic mass is 9.97. The number of carbonyl (C=O) groups excluding carboxylic acids is 1. The summed E-state index contributed by atoms with van der Waals surface area (Å²) in [5, 5.41) is 6.21. The third-order valence-corrected chi connectivity index (χ3v) is 6.08. The molecule has 0 radical (unpaired) electrons. The fourth-order valence-electron chi connectivity index (χ4n) is 4.19. The number of likely N-dealkylation sites (N-methyl/N-ethyl adjacent to an activating group) is 1. The van der Waals surface area contributed by atoms with E-state index in [0.717, 1.165) is 31.7 Å². The van der Waals surface area contributed by atoms with E-state index < -0.39 is 0 Å². The molecule has 1 saturated heterocycles. The molecule has 1 fully saturated rings. The van der Waals surface area contributed by atoms with Crippen molar-refractivity contribution in [3.63, 3.8) is 0 Å². The molecule has 2 aromatic carbocycles. The molecule has 2 aromatic rings. The van der Waals surface area contributed by atoms with Crippen molar-refractivity contribution in [1.29, 1.82) is 0 Å². The van der Waals surface area contributed by atoms with Gasteiger partial charge in [-0.1, -0.05) is 12.1 Å². The van der Waals surface area contributed by atoms with Crippen LogP contribution in [0, 0.1) is 5.82 Å². The number of benzene rings is 2. The molecule has 0 spiro atoms. The molecule has 4 rings (SSSR count). The Balaban J connectivity index is 1.64. The summed E-state index contributed by atoms with van der Waals surface area (Å²) < 4.78 is 24.8. The van der Waals surface area contributed by atoms with E-state index in [2.05, 4.69) is 21.9 Å². The van der Waals surface area contributed by atoms with Crippen LogP contribution in [0.4, 0.5) is 4.39 Å². The number of hydrogen-bond donors (Lipinski definition) is 0. The van der Waals surface area contributed by atoms with E-state index in [9.17, 15) is 9.18 Å². The van der Waals surface area contributed by atoms with E-state index in [4.69, 9.17) is 9.47 Å². The monoisotopic (exact) mass is 440 g/mol. The Bertz CT molecular complexity index is 1000. The number of hydrogen-bond acceptors (Lipinski definition) is 6. The van der Waals surface area contributed by atoms with Gasteiger partial charge in [0, 0.05) is 49.8 Å². The topological polar surface area (TPSA) is 57.6 Å². The summed E-state index contributed by atoms with van der Waals surface area (Å²) in [5.74, 6) is 0.891. The molecular weight excluding hydrogens is 411 g/mol. The van der Waals surface area contributed by atoms with Crippen molar-refractivity contribution in [1.82, 2.24) is 14.8 Å². The van der Waals surface area contributed by atoms with Crippen molar-refractivity contribution in [3.8, 4) is 11.5 Å². The van der Waals surface area contributed by atoms with Gasteiger partial charge in [0.1, 0.15) is 17.3 Å². The van der Waals surface area contributed by atoms with Crippen LogP contribution in [0.5, 0.6) is 11.5 Å². The average molecular weight is 441 g/mol. The Kier molecular flexibility index (Phi) is 6.72. The van der Waals surface area contributed by atoms with Crippen LogP contribution < -0.4 is 9.47 Å². The van der Waals surface area contributed by atoms with Crippen LogP contribution >= 0.6 is 0 Å². The van der Waals surface area contributed by atoms with Crippen molar-refractivity contribution in [2.45, 2.75) is 12.5 Å². The predicted octanol–water partition coefficient (Wildman–Crippen LogP) is 2.77. The smallest absolute Gasteiger partial charge is 0.257 e. The summed E-state index contributed by atoms with van der Waals surface area (Å²) in [7, 11) is 5.28. The number of hydrazone groups is 1. The first-order valence-corrected chi connectivity index (χ1v) is 10.8. The Morgan fingerprint density at radius 3 is 2.56 bits per heavy atom. The normalized spacial score (nSPS) is 19.7. The number of halogens is 1. The predicted molar refractivity (Wildman–Crippen MR) is 121 cm³/mol. The molecule has 1 amide bonds. The largest absolute Gasteiger partial charge is 0.497 e. The Hall–Kier alpha value is -2.97. The highest BCUT2D eigenvalue weighted by molar-refractivity contribution is 6.03. The van der Waals surface area contributed by atoms with Crippen LogP contribution in [0.1, 0.15) is 23.6 Å². The van der Waals surface area contributed by atoms with Gasteiger partial charge < -0.3 is 14.4 Å². The third kappa shape index (κ3) is 4.76. The maximum absolute atomic E-state index is 13.9. The number of piperazine rings is 1. The van der Waals surface area contributed by atoms with Gasteiger partial charge in [-0.3, -0.25) is 9.69 Å². The van der Waals surface area contributed by atoms with Gasteiger partial charge in [0.15, 0.2) is 0 Å². The van der Waals surface area contributed by atoms with Gasteiger partial charge >= 0.3 is 0 Å². The minimum absolute atomic E-state index is 0.0798. The molecule has 1 atom stereocenters. The van der Waals surface area contributed by atoms with Crippen molar-refractivity contribution in [2.24, 2.45) is 5.10 Å². The molecule has 0 aromatic heterocycles. The Morgan fingerprint density at radius 2 is 1.88 bits per heavy atom. The standard InChI is InChI=1S/C24H29FN4O3/c1-27-9-11-28(12-10-27)16-24(30)29-22(20-8-7-19(31-2)14-23(20)32-3)15-21(26-29)17-5-4-6-18(25)13-17/h4-8,13-14,22H,9-12,15-16H2,1-3H3/t22-/m1/s1. The van der Waals surface area contributed by atoms with Crippen molar-refractivity contribution >= 4 is 11.6 Å². The molecule has 170 valence electrons. The number of rotatable bonds is 6. The maximum atomic E-state index is 13.9. The van der Waals surface area contributed by atoms with E-state index in [-0.39, 0.29) is 17.8 Å². The van der Waals surface area contributed by atoms with Crippen LogP contribution in [0.25, 0.3) is 0 Å². The molecule has 2 heterocycles. The maximum Gasteiger partial charge on any atom is 0.257 e. The van der Waals surface area contributed by atoms with E-state index >= 15 is 0 Å². The highest BCUT2D eigenvalue weighted by Crippen LogP contribution is 2.39. The van der Waals surface area contributed by atoms with Crippen molar-refractivity contribution < 1.29 is 18.7 Å². The number of carbonyl (C=O) groups is 1. The average Bonchev–Trinajstić information content (AvgIpc) is 3.25. The molecule has 0 unspecified atom stereocenters. The van der Waals surface area contributed by atoms with Crippen LogP contribution in [0.2, 0.25) is 0 Å². The van der Waals surface area contributed by atoms with Crippen LogP contribution in [0.15, 0.2) is 47.6 Å². The second kappa shape index (κ2) is 9.67. The first-order chi connectivity index (χ1) is 15.5. The summed E-state index contributed by atoms with van der Waals surface area (Å²) in [6.45, 7) is 3.84. The van der Waals surface area contributed by atoms with Gasteiger partial charge in [-0.15, -0.1) is 0 Å². The second-order valence-corrected chi connectivity index (χ2v) is 8.20. The molecule has 0 N–H and O–H groups in total. The number of nitrogens with zero attached hydrogens (tertiary/aromatic N) is 4. The number of methoxy groups -OCH3 is 2. The molecule has 7 nitrogen and oxygen atoms in total. The minimum Gasteiger partial charge on any atom is -0.497 e. The summed E-state index contributed by atoms with van der Waals surface area (Å²) >= 11 is 0. The molecule has 0 bridgehead atoms. The van der Waals surface area contributed by atoms with Gasteiger partial charge in [0.25, 0.3) is 5.91 Å². The molecule has 0 aliphatic carbocycles. The lowest BCUT2D eigenvalue weighted by Gasteiger charge is -2.33. The van der Waals surface area contributed by atoms with Gasteiger partial charge in [0.05, 0.1) is 32.5 Å². The fourth-order valence-corrected chi connectivity index (χ4v) is 4.19. The number of amides is 1. The van der Waals surface area contributed by atoms with Crippen molar-refractivity contribution in [3.05, 3.63) is 59.4 Å². The van der Waals surface area contributed by atoms with Crippen LogP contribution in [0.3, 0.4) is 0 Å². The fraction of sp³-hybridized carbons (Fsp3) is 0.417. The van der Waals surface area contributed by atoms with Crippen LogP contribution in [-0.2, 0) is 4.79 Å². The summed E-state index contributed by atoms with van der Waals surface area (Å²) in [5.41, 5.74) is 2.20. The molecule has 2 aliphatic rings. The minimum atomic E-state index is -0.339. The van der Waals surface area contributed by atoms with E-state index in [1.54, 1.807) is 31.4 Å². The van der Waals surface area contributed by atoms with Gasteiger partial charge in [-0.2, -0.15) is 5.10 Å². The third-order valence-electron chi connectivity index (χ3n) is 6.08. The molecular formula is C24H29FN4O3. The summed E-state index contributed by atoms with van der Waals surface area (Å²) in [4.78, 5) is 17.8. The quantitative estimate of drug-likeness (QED) is 0.692. The zero-order valence-corrected chi connectivity index (χ0v) is 18.8. The highest BCUT2D eigenvalue weighted by atomic mass is 19.1.